The number of ether oxygens (including phenoxy) is 1. The van der Waals surface area contributed by atoms with Crippen molar-refractivity contribution >= 4 is 16.8 Å². The lowest BCUT2D eigenvalue weighted by Crippen LogP contribution is -2.47. The molecule has 3 rings (SSSR count). The number of fused-ring (bicyclic) bond motifs is 1. The molecule has 0 radical (unpaired) electrons. The first-order chi connectivity index (χ1) is 11.4. The van der Waals surface area contributed by atoms with Crippen LogP contribution >= 0.6 is 0 Å². The topological polar surface area (TPSA) is 59.4 Å². The molecule has 0 saturated carbocycles. The Morgan fingerprint density at radius 1 is 1.29 bits per heavy atom. The summed E-state index contributed by atoms with van der Waals surface area (Å²) < 4.78 is 7.59. The molecule has 1 saturated heterocycles. The van der Waals surface area contributed by atoms with Crippen molar-refractivity contribution in [3.05, 3.63) is 30.0 Å². The SMILES string of the molecule is CN1CCOC(C(=O)NC(C)(C)c2nn(C)c3ccccc23)CC1. The Labute approximate surface area is 142 Å². The van der Waals surface area contributed by atoms with Gasteiger partial charge in [0.1, 0.15) is 6.10 Å². The summed E-state index contributed by atoms with van der Waals surface area (Å²) in [5.74, 6) is -0.0648. The standard InChI is InChI=1S/C18H26N4O2/c1-18(2,16-13-7-5-6-8-14(13)22(4)20-16)19-17(23)15-9-10-21(3)11-12-24-15/h5-8,15H,9-12H2,1-4H3,(H,19,23). The monoisotopic (exact) mass is 330 g/mol. The lowest BCUT2D eigenvalue weighted by Gasteiger charge is -2.27. The van der Waals surface area contributed by atoms with Gasteiger partial charge in [-0.25, -0.2) is 0 Å². The number of aromatic nitrogens is 2. The van der Waals surface area contributed by atoms with Gasteiger partial charge in [-0.05, 0) is 33.4 Å². The van der Waals surface area contributed by atoms with Gasteiger partial charge in [0.05, 0.1) is 23.4 Å². The molecule has 6 heteroatoms. The number of carbonyl (C=O) groups is 1. The molecule has 2 heterocycles. The number of para-hydroxylation sites is 1. The zero-order valence-electron chi connectivity index (χ0n) is 14.9. The van der Waals surface area contributed by atoms with Gasteiger partial charge < -0.3 is 15.0 Å². The molecule has 1 aliphatic heterocycles. The maximum Gasteiger partial charge on any atom is 0.249 e. The maximum absolute atomic E-state index is 12.7. The Morgan fingerprint density at radius 3 is 2.83 bits per heavy atom. The van der Waals surface area contributed by atoms with Crippen molar-refractivity contribution in [2.75, 3.05) is 26.7 Å². The minimum absolute atomic E-state index is 0.0648. The molecule has 1 aliphatic rings. The average Bonchev–Trinajstić information content (AvgIpc) is 2.73. The first-order valence-corrected chi connectivity index (χ1v) is 8.43. The van der Waals surface area contributed by atoms with Gasteiger partial charge in [-0.2, -0.15) is 5.10 Å². The van der Waals surface area contributed by atoms with Crippen molar-refractivity contribution in [3.8, 4) is 0 Å². The highest BCUT2D eigenvalue weighted by molar-refractivity contribution is 5.85. The number of benzene rings is 1. The van der Waals surface area contributed by atoms with E-state index < -0.39 is 11.6 Å². The first-order valence-electron chi connectivity index (χ1n) is 8.43. The molecule has 0 bridgehead atoms. The molecule has 0 spiro atoms. The van der Waals surface area contributed by atoms with Gasteiger partial charge >= 0.3 is 0 Å². The van der Waals surface area contributed by atoms with E-state index in [1.165, 1.54) is 0 Å². The Morgan fingerprint density at radius 2 is 2.04 bits per heavy atom. The molecule has 1 N–H and O–H groups in total. The Balaban J connectivity index is 1.81. The van der Waals surface area contributed by atoms with Crippen LogP contribution in [-0.4, -0.2) is 53.4 Å². The van der Waals surface area contributed by atoms with Crippen LogP contribution in [0.4, 0.5) is 0 Å². The number of nitrogens with zero attached hydrogens (tertiary/aromatic N) is 3. The number of amides is 1. The van der Waals surface area contributed by atoms with Gasteiger partial charge in [-0.1, -0.05) is 18.2 Å². The Kier molecular flexibility index (Phi) is 4.60. The fraction of sp³-hybridized carbons (Fsp3) is 0.556. The van der Waals surface area contributed by atoms with E-state index in [-0.39, 0.29) is 5.91 Å². The maximum atomic E-state index is 12.7. The van der Waals surface area contributed by atoms with Crippen molar-refractivity contribution in [1.29, 1.82) is 0 Å². The third-order valence-corrected chi connectivity index (χ3v) is 4.64. The van der Waals surface area contributed by atoms with E-state index in [0.29, 0.717) is 13.0 Å². The summed E-state index contributed by atoms with van der Waals surface area (Å²) in [4.78, 5) is 14.9. The second-order valence-corrected chi connectivity index (χ2v) is 7.05. The van der Waals surface area contributed by atoms with E-state index in [9.17, 15) is 4.79 Å². The molecule has 1 amide bonds. The number of hydrogen-bond donors (Lipinski definition) is 1. The van der Waals surface area contributed by atoms with E-state index in [1.54, 1.807) is 0 Å². The Bertz CT molecular complexity index is 738. The third-order valence-electron chi connectivity index (χ3n) is 4.64. The van der Waals surface area contributed by atoms with Crippen LogP contribution in [0.1, 0.15) is 26.0 Å². The molecule has 130 valence electrons. The average molecular weight is 330 g/mol. The summed E-state index contributed by atoms with van der Waals surface area (Å²) in [6.07, 6.45) is 0.311. The second-order valence-electron chi connectivity index (χ2n) is 7.05. The van der Waals surface area contributed by atoms with E-state index >= 15 is 0 Å². The van der Waals surface area contributed by atoms with E-state index in [2.05, 4.69) is 15.3 Å². The second kappa shape index (κ2) is 6.53. The minimum atomic E-state index is -0.570. The van der Waals surface area contributed by atoms with Gasteiger partial charge in [-0.3, -0.25) is 9.48 Å². The summed E-state index contributed by atoms with van der Waals surface area (Å²) in [5.41, 5.74) is 1.36. The molecule has 0 aliphatic carbocycles. The summed E-state index contributed by atoms with van der Waals surface area (Å²) in [5, 5.41) is 8.84. The van der Waals surface area contributed by atoms with Gasteiger partial charge in [0.15, 0.2) is 0 Å². The summed E-state index contributed by atoms with van der Waals surface area (Å²) in [6.45, 7) is 6.29. The molecule has 2 aromatic rings. The number of likely N-dealkylation sites (N-methyl/N-ethyl adjacent to an activating group) is 1. The van der Waals surface area contributed by atoms with Crippen molar-refractivity contribution in [2.24, 2.45) is 7.05 Å². The number of carbonyl (C=O) groups excluding carboxylic acids is 1. The molecule has 1 aromatic heterocycles. The third kappa shape index (κ3) is 3.30. The molecule has 1 aromatic carbocycles. The van der Waals surface area contributed by atoms with Crippen LogP contribution < -0.4 is 5.32 Å². The van der Waals surface area contributed by atoms with Crippen LogP contribution in [0.5, 0.6) is 0 Å². The van der Waals surface area contributed by atoms with Crippen LogP contribution in [0, 0.1) is 0 Å². The van der Waals surface area contributed by atoms with Crippen molar-refractivity contribution in [1.82, 2.24) is 20.0 Å². The first kappa shape index (κ1) is 16.9. The van der Waals surface area contributed by atoms with Crippen LogP contribution in [0.3, 0.4) is 0 Å². The predicted octanol–water partition coefficient (Wildman–Crippen LogP) is 1.65. The summed E-state index contributed by atoms with van der Waals surface area (Å²) in [7, 11) is 3.97. The van der Waals surface area contributed by atoms with Gasteiger partial charge in [0.25, 0.3) is 0 Å². The highest BCUT2D eigenvalue weighted by Gasteiger charge is 2.32. The van der Waals surface area contributed by atoms with Gasteiger partial charge in [-0.15, -0.1) is 0 Å². The van der Waals surface area contributed by atoms with E-state index in [4.69, 9.17) is 4.74 Å². The molecule has 1 unspecified atom stereocenters. The van der Waals surface area contributed by atoms with Gasteiger partial charge in [0, 0.05) is 25.5 Å². The summed E-state index contributed by atoms with van der Waals surface area (Å²) in [6, 6.07) is 8.07. The van der Waals surface area contributed by atoms with E-state index in [0.717, 1.165) is 29.7 Å². The predicted molar refractivity (Wildman–Crippen MR) is 93.7 cm³/mol. The number of rotatable bonds is 3. The Hall–Kier alpha value is -1.92. The highest BCUT2D eigenvalue weighted by Crippen LogP contribution is 2.27. The normalized spacial score (nSPS) is 20.1. The van der Waals surface area contributed by atoms with Crippen LogP contribution in [-0.2, 0) is 22.1 Å². The van der Waals surface area contributed by atoms with Crippen LogP contribution in [0.2, 0.25) is 0 Å². The van der Waals surface area contributed by atoms with Crippen LogP contribution in [0.25, 0.3) is 10.9 Å². The number of hydrogen-bond acceptors (Lipinski definition) is 4. The minimum Gasteiger partial charge on any atom is -0.367 e. The molecule has 24 heavy (non-hydrogen) atoms. The molecule has 1 fully saturated rings. The fourth-order valence-corrected chi connectivity index (χ4v) is 3.21. The van der Waals surface area contributed by atoms with Crippen molar-refractivity contribution < 1.29 is 9.53 Å². The van der Waals surface area contributed by atoms with Crippen molar-refractivity contribution in [2.45, 2.75) is 31.9 Å². The quantitative estimate of drug-likeness (QED) is 0.929. The number of aryl methyl sites for hydroxylation is 1. The molecular weight excluding hydrogens is 304 g/mol. The van der Waals surface area contributed by atoms with Gasteiger partial charge in [0.2, 0.25) is 5.91 Å². The zero-order chi connectivity index (χ0) is 17.3. The highest BCUT2D eigenvalue weighted by atomic mass is 16.5. The van der Waals surface area contributed by atoms with Crippen molar-refractivity contribution in [3.63, 3.8) is 0 Å². The fourth-order valence-electron chi connectivity index (χ4n) is 3.21. The van der Waals surface area contributed by atoms with E-state index in [1.807, 2.05) is 56.9 Å². The lowest BCUT2D eigenvalue weighted by atomic mass is 9.96. The largest absolute Gasteiger partial charge is 0.367 e. The number of nitrogens with one attached hydrogen (secondary N) is 1. The zero-order valence-corrected chi connectivity index (χ0v) is 14.9. The molecular formula is C18H26N4O2. The molecule has 1 atom stereocenters. The van der Waals surface area contributed by atoms with Crippen LogP contribution in [0.15, 0.2) is 24.3 Å². The summed E-state index contributed by atoms with van der Waals surface area (Å²) >= 11 is 0. The lowest BCUT2D eigenvalue weighted by molar-refractivity contribution is -0.134. The molecule has 6 nitrogen and oxygen atoms in total. The smallest absolute Gasteiger partial charge is 0.249 e.